The lowest BCUT2D eigenvalue weighted by Crippen LogP contribution is -2.07. The number of carbonyl (C=O) groups excluding carboxylic acids is 1. The Morgan fingerprint density at radius 2 is 1.92 bits per heavy atom. The summed E-state index contributed by atoms with van der Waals surface area (Å²) in [6.07, 6.45) is 5.42. The third kappa shape index (κ3) is 3.00. The smallest absolute Gasteiger partial charge is 0.356 e. The molecule has 1 heterocycles. The molecule has 3 heteroatoms. The van der Waals surface area contributed by atoms with Crippen LogP contribution in [-0.4, -0.2) is 17.6 Å². The zero-order chi connectivity index (χ0) is 17.1. The Morgan fingerprint density at radius 3 is 2.58 bits per heavy atom. The number of hydrogen-bond acceptors (Lipinski definition) is 3. The van der Waals surface area contributed by atoms with Crippen LogP contribution in [0.1, 0.15) is 28.5 Å². The minimum absolute atomic E-state index is 0.309. The first-order valence-corrected chi connectivity index (χ1v) is 7.78. The minimum Gasteiger partial charge on any atom is -0.461 e. The SMILES string of the molecule is C#Cc1ccc(-c2cc(C(=O)OCC)nc3ccc(C)cc23)cc1. The fourth-order valence-corrected chi connectivity index (χ4v) is 2.63. The number of pyridine rings is 1. The molecule has 3 rings (SSSR count). The van der Waals surface area contributed by atoms with E-state index in [0.29, 0.717) is 12.3 Å². The molecule has 0 aliphatic heterocycles. The standard InChI is InChI=1S/C21H17NO2/c1-4-15-7-9-16(10-8-15)17-13-20(21(23)24-5-2)22-19-11-6-14(3)12-18(17)19/h1,6-13H,5H2,2-3H3. The molecule has 1 aromatic heterocycles. The van der Waals surface area contributed by atoms with Crippen LogP contribution in [0.2, 0.25) is 0 Å². The van der Waals surface area contributed by atoms with Crippen molar-refractivity contribution in [2.24, 2.45) is 0 Å². The van der Waals surface area contributed by atoms with Crippen LogP contribution in [0.4, 0.5) is 0 Å². The number of fused-ring (bicyclic) bond motifs is 1. The van der Waals surface area contributed by atoms with Gasteiger partial charge in [0.25, 0.3) is 0 Å². The van der Waals surface area contributed by atoms with Gasteiger partial charge >= 0.3 is 5.97 Å². The molecular formula is C21H17NO2. The molecule has 0 N–H and O–H groups in total. The average Bonchev–Trinajstić information content (AvgIpc) is 2.61. The van der Waals surface area contributed by atoms with Gasteiger partial charge in [0.05, 0.1) is 12.1 Å². The zero-order valence-electron chi connectivity index (χ0n) is 13.7. The van der Waals surface area contributed by atoms with E-state index in [9.17, 15) is 4.79 Å². The first-order chi connectivity index (χ1) is 11.6. The highest BCUT2D eigenvalue weighted by Crippen LogP contribution is 2.30. The average molecular weight is 315 g/mol. The molecule has 0 saturated heterocycles. The number of aromatic nitrogens is 1. The molecule has 0 saturated carbocycles. The van der Waals surface area contributed by atoms with Crippen molar-refractivity contribution >= 4 is 16.9 Å². The molecule has 118 valence electrons. The second-order valence-corrected chi connectivity index (χ2v) is 5.52. The molecule has 0 unspecified atom stereocenters. The normalized spacial score (nSPS) is 10.4. The molecule has 0 fully saturated rings. The Hall–Kier alpha value is -3.12. The molecule has 0 aliphatic rings. The van der Waals surface area contributed by atoms with Gasteiger partial charge in [0.15, 0.2) is 0 Å². The summed E-state index contributed by atoms with van der Waals surface area (Å²) < 4.78 is 5.10. The lowest BCUT2D eigenvalue weighted by molar-refractivity contribution is 0.0520. The molecule has 0 bridgehead atoms. The third-order valence-corrected chi connectivity index (χ3v) is 3.81. The maximum Gasteiger partial charge on any atom is 0.356 e. The Kier molecular flexibility index (Phi) is 4.31. The lowest BCUT2D eigenvalue weighted by Gasteiger charge is -2.10. The van der Waals surface area contributed by atoms with Crippen LogP contribution in [-0.2, 0) is 4.74 Å². The fourth-order valence-electron chi connectivity index (χ4n) is 2.63. The summed E-state index contributed by atoms with van der Waals surface area (Å²) in [6.45, 7) is 4.13. The second kappa shape index (κ2) is 6.55. The van der Waals surface area contributed by atoms with Gasteiger partial charge in [-0.2, -0.15) is 0 Å². The van der Waals surface area contributed by atoms with Crippen molar-refractivity contribution in [1.29, 1.82) is 0 Å². The van der Waals surface area contributed by atoms with Crippen molar-refractivity contribution in [3.63, 3.8) is 0 Å². The molecule has 0 aliphatic carbocycles. The maximum atomic E-state index is 12.1. The molecule has 3 nitrogen and oxygen atoms in total. The van der Waals surface area contributed by atoms with E-state index < -0.39 is 5.97 Å². The van der Waals surface area contributed by atoms with Crippen molar-refractivity contribution in [2.75, 3.05) is 6.61 Å². The number of ether oxygens (including phenoxy) is 1. The minimum atomic E-state index is -0.415. The van der Waals surface area contributed by atoms with Crippen LogP contribution in [0, 0.1) is 19.3 Å². The number of esters is 1. The summed E-state index contributed by atoms with van der Waals surface area (Å²) in [6, 6.07) is 15.5. The third-order valence-electron chi connectivity index (χ3n) is 3.81. The first-order valence-electron chi connectivity index (χ1n) is 7.78. The molecule has 2 aromatic carbocycles. The number of nitrogens with zero attached hydrogens (tertiary/aromatic N) is 1. The molecule has 0 radical (unpaired) electrons. The number of benzene rings is 2. The molecular weight excluding hydrogens is 298 g/mol. The van der Waals surface area contributed by atoms with E-state index in [1.807, 2.05) is 43.3 Å². The predicted molar refractivity (Wildman–Crippen MR) is 95.8 cm³/mol. The summed E-state index contributed by atoms with van der Waals surface area (Å²) in [4.78, 5) is 16.6. The van der Waals surface area contributed by atoms with Gasteiger partial charge in [0, 0.05) is 10.9 Å². The number of aryl methyl sites for hydroxylation is 1. The quantitative estimate of drug-likeness (QED) is 0.532. The molecule has 0 spiro atoms. The summed E-state index contributed by atoms with van der Waals surface area (Å²) in [5.74, 6) is 2.20. The highest BCUT2D eigenvalue weighted by molar-refractivity contribution is 5.99. The van der Waals surface area contributed by atoms with E-state index in [2.05, 4.69) is 17.0 Å². The second-order valence-electron chi connectivity index (χ2n) is 5.52. The Balaban J connectivity index is 2.24. The van der Waals surface area contributed by atoms with Crippen molar-refractivity contribution in [1.82, 2.24) is 4.98 Å². The lowest BCUT2D eigenvalue weighted by atomic mass is 9.98. The van der Waals surface area contributed by atoms with Crippen LogP contribution in [0.3, 0.4) is 0 Å². The zero-order valence-corrected chi connectivity index (χ0v) is 13.7. The summed E-state index contributed by atoms with van der Waals surface area (Å²) in [7, 11) is 0. The van der Waals surface area contributed by atoms with Crippen molar-refractivity contribution in [3.05, 3.63) is 65.4 Å². The first kappa shape index (κ1) is 15.8. The van der Waals surface area contributed by atoms with Crippen LogP contribution in [0.5, 0.6) is 0 Å². The number of hydrogen-bond donors (Lipinski definition) is 0. The van der Waals surface area contributed by atoms with Gasteiger partial charge in [0.1, 0.15) is 5.69 Å². The number of carbonyl (C=O) groups is 1. The van der Waals surface area contributed by atoms with E-state index in [1.54, 1.807) is 13.0 Å². The van der Waals surface area contributed by atoms with Crippen molar-refractivity contribution in [2.45, 2.75) is 13.8 Å². The highest BCUT2D eigenvalue weighted by Gasteiger charge is 2.14. The Bertz CT molecular complexity index is 950. The molecule has 0 amide bonds. The summed E-state index contributed by atoms with van der Waals surface area (Å²) in [5.41, 5.74) is 4.95. The molecule has 24 heavy (non-hydrogen) atoms. The van der Waals surface area contributed by atoms with Gasteiger partial charge in [-0.1, -0.05) is 29.7 Å². The Labute approximate surface area is 141 Å². The van der Waals surface area contributed by atoms with Gasteiger partial charge in [-0.05, 0) is 55.3 Å². The van der Waals surface area contributed by atoms with Gasteiger partial charge < -0.3 is 4.74 Å². The van der Waals surface area contributed by atoms with Crippen LogP contribution >= 0.6 is 0 Å². The summed E-state index contributed by atoms with van der Waals surface area (Å²) >= 11 is 0. The van der Waals surface area contributed by atoms with Crippen LogP contribution in [0.15, 0.2) is 48.5 Å². The number of rotatable bonds is 3. The Morgan fingerprint density at radius 1 is 1.17 bits per heavy atom. The van der Waals surface area contributed by atoms with Gasteiger partial charge in [-0.15, -0.1) is 6.42 Å². The van der Waals surface area contributed by atoms with Gasteiger partial charge in [0.2, 0.25) is 0 Å². The highest BCUT2D eigenvalue weighted by atomic mass is 16.5. The van der Waals surface area contributed by atoms with E-state index in [0.717, 1.165) is 33.2 Å². The van der Waals surface area contributed by atoms with E-state index in [4.69, 9.17) is 11.2 Å². The van der Waals surface area contributed by atoms with E-state index >= 15 is 0 Å². The van der Waals surface area contributed by atoms with Crippen LogP contribution in [0.25, 0.3) is 22.0 Å². The molecule has 0 atom stereocenters. The maximum absolute atomic E-state index is 12.1. The topological polar surface area (TPSA) is 39.2 Å². The largest absolute Gasteiger partial charge is 0.461 e. The van der Waals surface area contributed by atoms with Gasteiger partial charge in [-0.3, -0.25) is 0 Å². The molecule has 3 aromatic rings. The number of terminal acetylenes is 1. The monoisotopic (exact) mass is 315 g/mol. The summed E-state index contributed by atoms with van der Waals surface area (Å²) in [5, 5.41) is 0.997. The van der Waals surface area contributed by atoms with Crippen molar-refractivity contribution < 1.29 is 9.53 Å². The van der Waals surface area contributed by atoms with E-state index in [-0.39, 0.29) is 0 Å². The predicted octanol–water partition coefficient (Wildman–Crippen LogP) is 4.37. The van der Waals surface area contributed by atoms with Crippen LogP contribution < -0.4 is 0 Å². The van der Waals surface area contributed by atoms with Gasteiger partial charge in [-0.25, -0.2) is 9.78 Å². The van der Waals surface area contributed by atoms with Crippen molar-refractivity contribution in [3.8, 4) is 23.5 Å². The van der Waals surface area contributed by atoms with E-state index in [1.165, 1.54) is 0 Å². The fraction of sp³-hybridized carbons (Fsp3) is 0.143.